The summed E-state index contributed by atoms with van der Waals surface area (Å²) in [6.07, 6.45) is 3.52. The highest BCUT2D eigenvalue weighted by Gasteiger charge is 2.52. The number of hydrogen-bond acceptors (Lipinski definition) is 7. The maximum absolute atomic E-state index is 12.3. The molecule has 0 aliphatic heterocycles. The molecule has 3 atom stereocenters. The lowest BCUT2D eigenvalue weighted by Crippen LogP contribution is -2.34. The third-order valence-electron chi connectivity index (χ3n) is 6.01. The first-order valence-electron chi connectivity index (χ1n) is 8.33. The van der Waals surface area contributed by atoms with Gasteiger partial charge in [-0.2, -0.15) is 0 Å². The molecule has 2 bridgehead atoms. The van der Waals surface area contributed by atoms with E-state index in [1.54, 1.807) is 0 Å². The minimum absolute atomic E-state index is 0.105. The number of nitro groups is 1. The molecule has 2 fully saturated rings. The maximum Gasteiger partial charge on any atom is 0.338 e. The van der Waals surface area contributed by atoms with Crippen molar-refractivity contribution in [2.24, 2.45) is 23.2 Å². The van der Waals surface area contributed by atoms with Crippen molar-refractivity contribution in [2.45, 2.75) is 33.1 Å². The van der Waals surface area contributed by atoms with Gasteiger partial charge in [-0.05, 0) is 42.6 Å². The Morgan fingerprint density at radius 1 is 1.40 bits per heavy atom. The van der Waals surface area contributed by atoms with E-state index in [9.17, 15) is 20.1 Å². The van der Waals surface area contributed by atoms with Crippen molar-refractivity contribution in [3.8, 4) is 0 Å². The van der Waals surface area contributed by atoms with Crippen molar-refractivity contribution in [1.82, 2.24) is 0 Å². The lowest BCUT2D eigenvalue weighted by molar-refractivity contribution is -0.384. The summed E-state index contributed by atoms with van der Waals surface area (Å²) in [5, 5.41) is 30.4. The van der Waals surface area contributed by atoms with Gasteiger partial charge in [0.2, 0.25) is 0 Å². The van der Waals surface area contributed by atoms with Crippen LogP contribution in [0.15, 0.2) is 18.2 Å². The van der Waals surface area contributed by atoms with Crippen molar-refractivity contribution in [2.75, 3.05) is 11.8 Å². The first-order valence-corrected chi connectivity index (χ1v) is 8.33. The molecule has 2 aliphatic carbocycles. The van der Waals surface area contributed by atoms with Gasteiger partial charge in [-0.15, -0.1) is 0 Å². The number of non-ortho nitro benzene ring substituents is 1. The number of anilines is 1. The van der Waals surface area contributed by atoms with Crippen LogP contribution in [-0.4, -0.2) is 22.7 Å². The zero-order chi connectivity index (χ0) is 18.4. The first kappa shape index (κ1) is 17.6. The molecular weight excluding hydrogens is 328 g/mol. The normalized spacial score (nSPS) is 26.5. The van der Waals surface area contributed by atoms with E-state index < -0.39 is 21.8 Å². The van der Waals surface area contributed by atoms with E-state index in [0.29, 0.717) is 11.8 Å². The highest BCUT2D eigenvalue weighted by atomic mass is 16.8. The fraction of sp³-hybridized carbons (Fsp3) is 0.588. The number of ether oxygens (including phenoxy) is 1. The molecule has 25 heavy (non-hydrogen) atoms. The molecule has 0 aromatic heterocycles. The molecule has 8 heteroatoms. The van der Waals surface area contributed by atoms with Crippen molar-refractivity contribution >= 4 is 17.3 Å². The summed E-state index contributed by atoms with van der Waals surface area (Å²) < 4.78 is 5.41. The minimum atomic E-state index is -0.733. The highest BCUT2D eigenvalue weighted by Crippen LogP contribution is 2.59. The zero-order valence-electron chi connectivity index (χ0n) is 14.2. The van der Waals surface area contributed by atoms with E-state index in [1.165, 1.54) is 6.42 Å². The second-order valence-corrected chi connectivity index (χ2v) is 7.56. The molecule has 0 saturated heterocycles. The molecule has 136 valence electrons. The van der Waals surface area contributed by atoms with Crippen LogP contribution in [0.4, 0.5) is 11.4 Å². The Morgan fingerprint density at radius 3 is 2.68 bits per heavy atom. The van der Waals surface area contributed by atoms with Crippen molar-refractivity contribution in [1.29, 1.82) is 0 Å². The van der Waals surface area contributed by atoms with Gasteiger partial charge in [0.25, 0.3) is 5.69 Å². The van der Waals surface area contributed by atoms with E-state index in [1.807, 2.05) is 0 Å². The lowest BCUT2D eigenvalue weighted by Gasteiger charge is -2.37. The maximum atomic E-state index is 12.3. The first-order chi connectivity index (χ1) is 11.7. The quantitative estimate of drug-likeness (QED) is 0.491. The smallest absolute Gasteiger partial charge is 0.338 e. The lowest BCUT2D eigenvalue weighted by atomic mass is 9.69. The Balaban J connectivity index is 1.74. The molecule has 2 saturated carbocycles. The molecule has 1 N–H and O–H groups in total. The topological polar surface area (TPSA) is 116 Å². The summed E-state index contributed by atoms with van der Waals surface area (Å²) in [4.78, 5) is 22.5. The Kier molecular flexibility index (Phi) is 4.42. The molecule has 0 amide bonds. The predicted molar refractivity (Wildman–Crippen MR) is 89.1 cm³/mol. The Labute approximate surface area is 145 Å². The predicted octanol–water partition coefficient (Wildman–Crippen LogP) is 3.52. The van der Waals surface area contributed by atoms with Crippen LogP contribution >= 0.6 is 0 Å². The second kappa shape index (κ2) is 6.27. The van der Waals surface area contributed by atoms with Crippen LogP contribution in [0.2, 0.25) is 0 Å². The van der Waals surface area contributed by atoms with Crippen LogP contribution in [-0.2, 0) is 4.74 Å². The molecule has 1 aromatic rings. The Hall–Kier alpha value is -2.19. The van der Waals surface area contributed by atoms with E-state index in [2.05, 4.69) is 13.8 Å². The fourth-order valence-electron chi connectivity index (χ4n) is 4.50. The van der Waals surface area contributed by atoms with Gasteiger partial charge in [0.05, 0.1) is 22.8 Å². The second-order valence-electron chi connectivity index (χ2n) is 7.56. The molecule has 1 aromatic carbocycles. The number of rotatable bonds is 5. The number of carbonyl (C=O) groups excluding carboxylic acids is 1. The zero-order valence-corrected chi connectivity index (χ0v) is 14.2. The van der Waals surface area contributed by atoms with Crippen LogP contribution in [0.25, 0.3) is 0 Å². The van der Waals surface area contributed by atoms with Crippen molar-refractivity contribution < 1.29 is 19.7 Å². The van der Waals surface area contributed by atoms with Crippen LogP contribution in [0, 0.1) is 38.5 Å². The summed E-state index contributed by atoms with van der Waals surface area (Å²) >= 11 is 0. The van der Waals surface area contributed by atoms with Crippen LogP contribution in [0.1, 0.15) is 43.5 Å². The number of carbonyl (C=O) groups is 1. The third kappa shape index (κ3) is 3.19. The van der Waals surface area contributed by atoms with Crippen molar-refractivity contribution in [3.63, 3.8) is 0 Å². The van der Waals surface area contributed by atoms with Gasteiger partial charge >= 0.3 is 5.97 Å². The van der Waals surface area contributed by atoms with Gasteiger partial charge in [-0.1, -0.05) is 13.8 Å². The molecule has 3 rings (SSSR count). The van der Waals surface area contributed by atoms with Gasteiger partial charge in [0.15, 0.2) is 0 Å². The SMILES string of the molecule is CC1(C)[C@@H]2CC[C@@H](C2)[C@H]1COC(=O)c1cc(N([O-])O)cc([N+](=O)[O-])c1. The highest BCUT2D eigenvalue weighted by molar-refractivity contribution is 5.91. The minimum Gasteiger partial charge on any atom is -0.733 e. The monoisotopic (exact) mass is 349 g/mol. The van der Waals surface area contributed by atoms with E-state index >= 15 is 0 Å². The molecule has 2 aliphatic rings. The molecular formula is C17H21N2O6-. The summed E-state index contributed by atoms with van der Waals surface area (Å²) in [6.45, 7) is 4.65. The molecule has 0 radical (unpaired) electrons. The largest absolute Gasteiger partial charge is 0.733 e. The number of esters is 1. The number of fused-ring (bicyclic) bond motifs is 2. The molecule has 0 spiro atoms. The summed E-state index contributed by atoms with van der Waals surface area (Å²) in [6, 6.07) is 3.01. The summed E-state index contributed by atoms with van der Waals surface area (Å²) in [7, 11) is 0. The Morgan fingerprint density at radius 2 is 2.12 bits per heavy atom. The van der Waals surface area contributed by atoms with Crippen LogP contribution < -0.4 is 5.23 Å². The molecule has 0 heterocycles. The number of hydrogen-bond donors (Lipinski definition) is 1. The van der Waals surface area contributed by atoms with Gasteiger partial charge in [0, 0.05) is 18.1 Å². The van der Waals surface area contributed by atoms with Gasteiger partial charge in [-0.25, -0.2) is 4.79 Å². The number of nitrogens with zero attached hydrogens (tertiary/aromatic N) is 2. The fourth-order valence-corrected chi connectivity index (χ4v) is 4.50. The Bertz CT molecular complexity index is 702. The average molecular weight is 349 g/mol. The number of nitro benzene ring substituents is 1. The standard InChI is InChI=1S/C17H21N2O6/c1-17(2)12-4-3-10(5-12)15(17)9-25-16(20)11-6-13(18(21)22)8-14(7-11)19(23)24/h6-8,10,12,15,21H,3-5,9H2,1-2H3/q-1/t10-,12+,15+/m0/s1. The summed E-state index contributed by atoms with van der Waals surface area (Å²) in [5.41, 5.74) is -0.866. The molecule has 8 nitrogen and oxygen atoms in total. The van der Waals surface area contributed by atoms with Crippen LogP contribution in [0.5, 0.6) is 0 Å². The molecule has 0 unspecified atom stereocenters. The van der Waals surface area contributed by atoms with E-state index in [-0.39, 0.29) is 29.2 Å². The third-order valence-corrected chi connectivity index (χ3v) is 6.01. The van der Waals surface area contributed by atoms with E-state index in [0.717, 1.165) is 31.0 Å². The van der Waals surface area contributed by atoms with Gasteiger partial charge in [-0.3, -0.25) is 15.3 Å². The number of benzene rings is 1. The van der Waals surface area contributed by atoms with Gasteiger partial charge < -0.3 is 15.2 Å². The van der Waals surface area contributed by atoms with Gasteiger partial charge in [0.1, 0.15) is 0 Å². The van der Waals surface area contributed by atoms with Crippen LogP contribution in [0.3, 0.4) is 0 Å². The van der Waals surface area contributed by atoms with Crippen molar-refractivity contribution in [3.05, 3.63) is 39.1 Å². The van der Waals surface area contributed by atoms with E-state index in [4.69, 9.17) is 9.94 Å². The average Bonchev–Trinajstić information content (AvgIpc) is 3.12. The summed E-state index contributed by atoms with van der Waals surface area (Å²) in [5.74, 6) is 0.727.